The molecule has 0 bridgehead atoms. The predicted molar refractivity (Wildman–Crippen MR) is 130 cm³/mol. The van der Waals surface area contributed by atoms with Crippen molar-refractivity contribution in [1.29, 1.82) is 0 Å². The number of allylic oxidation sites excluding steroid dienone is 1. The molecule has 3 aromatic rings. The molecule has 1 aliphatic heterocycles. The number of amides is 3. The fourth-order valence-corrected chi connectivity index (χ4v) is 8.25. The number of rotatable bonds is 4. The van der Waals surface area contributed by atoms with E-state index in [0.717, 1.165) is 20.8 Å². The van der Waals surface area contributed by atoms with Gasteiger partial charge in [0.2, 0.25) is 0 Å². The molecule has 0 unspecified atom stereocenters. The van der Waals surface area contributed by atoms with Crippen molar-refractivity contribution in [3.63, 3.8) is 0 Å². The van der Waals surface area contributed by atoms with Gasteiger partial charge in [0.1, 0.15) is 0 Å². The smallest absolute Gasteiger partial charge is 0.314 e. The number of benzene rings is 3. The number of nitrogens with zero attached hydrogens (tertiary/aromatic N) is 1. The molecule has 0 spiro atoms. The number of ketones is 1. The van der Waals surface area contributed by atoms with Crippen molar-refractivity contribution in [3.05, 3.63) is 116 Å². The van der Waals surface area contributed by atoms with Crippen LogP contribution < -0.4 is 21.2 Å². The summed E-state index contributed by atoms with van der Waals surface area (Å²) >= 11 is 0. The van der Waals surface area contributed by atoms with Gasteiger partial charge in [0, 0.05) is 12.3 Å². The maximum atomic E-state index is 13.8. The number of carbonyl (C=O) groups is 3. The van der Waals surface area contributed by atoms with E-state index >= 15 is 0 Å². The van der Waals surface area contributed by atoms with E-state index in [0.29, 0.717) is 0 Å². The summed E-state index contributed by atoms with van der Waals surface area (Å²) in [5.74, 6) is -1.04. The second-order valence-corrected chi connectivity index (χ2v) is 10.4. The van der Waals surface area contributed by atoms with Crippen molar-refractivity contribution < 1.29 is 14.4 Å². The molecule has 158 valence electrons. The maximum Gasteiger partial charge on any atom is 0.332 e. The van der Waals surface area contributed by atoms with Crippen LogP contribution >= 0.6 is 6.89 Å². The van der Waals surface area contributed by atoms with Crippen LogP contribution in [-0.2, 0) is 9.59 Å². The Balaban J connectivity index is 2.19. The van der Waals surface area contributed by atoms with Crippen LogP contribution in [0.5, 0.6) is 0 Å². The van der Waals surface area contributed by atoms with Crippen molar-refractivity contribution >= 4 is 45.8 Å². The highest BCUT2D eigenvalue weighted by molar-refractivity contribution is 7.97. The van der Waals surface area contributed by atoms with Crippen molar-refractivity contribution in [2.24, 2.45) is 0 Å². The average Bonchev–Trinajstić information content (AvgIpc) is 2.83. The highest BCUT2D eigenvalue weighted by Gasteiger charge is 2.40. The average molecular weight is 440 g/mol. The number of hydrogen-bond acceptors (Lipinski definition) is 3. The highest BCUT2D eigenvalue weighted by Crippen LogP contribution is 2.47. The first-order valence-electron chi connectivity index (χ1n) is 10.0. The van der Waals surface area contributed by atoms with E-state index in [2.05, 4.69) is 11.9 Å². The largest absolute Gasteiger partial charge is 0.332 e. The molecule has 6 heteroatoms. The first kappa shape index (κ1) is 21.3. The van der Waals surface area contributed by atoms with Gasteiger partial charge in [-0.15, -0.1) is 0 Å². The van der Waals surface area contributed by atoms with Crippen LogP contribution in [0.1, 0.15) is 0 Å². The van der Waals surface area contributed by atoms with Gasteiger partial charge in [-0.25, -0.2) is 9.69 Å². The molecule has 0 aromatic heterocycles. The lowest BCUT2D eigenvalue weighted by molar-refractivity contribution is -0.121. The lowest BCUT2D eigenvalue weighted by atomic mass is 10.2. The number of nitrogens with one attached hydrogen (secondary N) is 1. The third kappa shape index (κ3) is 3.53. The van der Waals surface area contributed by atoms with E-state index in [1.807, 2.05) is 91.0 Å². The van der Waals surface area contributed by atoms with Gasteiger partial charge in [0.05, 0.1) is 5.29 Å². The van der Waals surface area contributed by atoms with Crippen LogP contribution in [0, 0.1) is 0 Å². The predicted octanol–water partition coefficient (Wildman–Crippen LogP) is 2.93. The molecule has 0 saturated carbocycles. The quantitative estimate of drug-likeness (QED) is 0.635. The molecule has 0 atom stereocenters. The summed E-state index contributed by atoms with van der Waals surface area (Å²) in [4.78, 5) is 40.7. The Morgan fingerprint density at radius 2 is 1.22 bits per heavy atom. The number of urea groups is 1. The zero-order valence-corrected chi connectivity index (χ0v) is 18.1. The van der Waals surface area contributed by atoms with Gasteiger partial charge in [-0.1, -0.05) is 97.6 Å². The topological polar surface area (TPSA) is 66.5 Å². The molecule has 0 fully saturated rings. The van der Waals surface area contributed by atoms with E-state index in [-0.39, 0.29) is 5.29 Å². The minimum Gasteiger partial charge on any atom is -0.314 e. The lowest BCUT2D eigenvalue weighted by Gasteiger charge is -2.33. The summed E-state index contributed by atoms with van der Waals surface area (Å²) in [5.41, 5.74) is 0. The van der Waals surface area contributed by atoms with Gasteiger partial charge in [0.25, 0.3) is 5.91 Å². The van der Waals surface area contributed by atoms with E-state index in [1.165, 1.54) is 18.5 Å². The van der Waals surface area contributed by atoms with E-state index in [1.54, 1.807) is 0 Å². The van der Waals surface area contributed by atoms with Crippen molar-refractivity contribution in [2.75, 3.05) is 0 Å². The van der Waals surface area contributed by atoms with Gasteiger partial charge >= 0.3 is 6.03 Å². The van der Waals surface area contributed by atoms with Gasteiger partial charge in [-0.2, -0.15) is 0 Å². The molecule has 0 saturated heterocycles. The SMILES string of the molecule is C=CNC(=O)N1C=CC(=O)C(=P(c2ccccc2)(c2ccccc2)c2ccccc2)C1=O. The van der Waals surface area contributed by atoms with Crippen molar-refractivity contribution in [3.8, 4) is 0 Å². The van der Waals surface area contributed by atoms with Gasteiger partial charge in [-0.3, -0.25) is 9.59 Å². The van der Waals surface area contributed by atoms with Crippen LogP contribution in [0.25, 0.3) is 0 Å². The summed E-state index contributed by atoms with van der Waals surface area (Å²) in [6.07, 6.45) is 3.69. The Bertz CT molecular complexity index is 1160. The molecule has 4 rings (SSSR count). The molecule has 3 amide bonds. The van der Waals surface area contributed by atoms with E-state index in [4.69, 9.17) is 0 Å². The summed E-state index contributed by atoms with van der Waals surface area (Å²) in [6, 6.07) is 28.0. The molecule has 1 heterocycles. The summed E-state index contributed by atoms with van der Waals surface area (Å²) in [5, 5.41) is 5.07. The number of carbonyl (C=O) groups excluding carboxylic acids is 3. The molecule has 0 aliphatic carbocycles. The van der Waals surface area contributed by atoms with Gasteiger partial charge in [0.15, 0.2) is 5.78 Å². The van der Waals surface area contributed by atoms with Crippen molar-refractivity contribution in [2.45, 2.75) is 0 Å². The summed E-state index contributed by atoms with van der Waals surface area (Å²) in [6.45, 7) is 0.567. The van der Waals surface area contributed by atoms with Gasteiger partial charge in [-0.05, 0) is 29.0 Å². The highest BCUT2D eigenvalue weighted by atomic mass is 31.2. The number of imide groups is 1. The van der Waals surface area contributed by atoms with E-state index < -0.39 is 24.6 Å². The first-order chi connectivity index (χ1) is 15.6. The van der Waals surface area contributed by atoms with Crippen LogP contribution in [0.15, 0.2) is 116 Å². The second-order valence-electron chi connectivity index (χ2n) is 7.03. The third-order valence-corrected chi connectivity index (χ3v) is 9.54. The van der Waals surface area contributed by atoms with Crippen LogP contribution in [0.3, 0.4) is 0 Å². The Morgan fingerprint density at radius 1 is 0.781 bits per heavy atom. The van der Waals surface area contributed by atoms with Crippen molar-refractivity contribution in [1.82, 2.24) is 10.2 Å². The Hall–Kier alpha value is -3.95. The zero-order valence-electron chi connectivity index (χ0n) is 17.2. The molecule has 32 heavy (non-hydrogen) atoms. The minimum absolute atomic E-state index is 0.0859. The molecule has 1 N–H and O–H groups in total. The monoisotopic (exact) mass is 440 g/mol. The first-order valence-corrected chi connectivity index (χ1v) is 11.8. The fraction of sp³-hybridized carbons (Fsp3) is 0. The molecular formula is C26H21N2O3P. The standard InChI is InChI=1S/C26H21N2O3P/c1-2-27-26(31)28-19-18-23(29)24(25(28)30)32(20-12-6-3-7-13-20,21-14-8-4-9-15-21)22-16-10-5-11-17-22/h2-19H,1H2,(H,27,31). The Kier molecular flexibility index (Phi) is 6.02. The lowest BCUT2D eigenvalue weighted by Crippen LogP contribution is -2.49. The van der Waals surface area contributed by atoms with E-state index in [9.17, 15) is 14.4 Å². The van der Waals surface area contributed by atoms with Crippen LogP contribution in [0.2, 0.25) is 0 Å². The maximum absolute atomic E-state index is 13.8. The van der Waals surface area contributed by atoms with Crippen LogP contribution in [0.4, 0.5) is 4.79 Å². The van der Waals surface area contributed by atoms with Gasteiger partial charge < -0.3 is 5.32 Å². The Labute approximate surface area is 186 Å². The Morgan fingerprint density at radius 3 is 1.62 bits per heavy atom. The summed E-state index contributed by atoms with van der Waals surface area (Å²) in [7, 11) is 0. The third-order valence-electron chi connectivity index (χ3n) is 5.24. The molecule has 0 radical (unpaired) electrons. The molecule has 3 aromatic carbocycles. The summed E-state index contributed by atoms with van der Waals surface area (Å²) < 4.78 is 0. The fourth-order valence-electron chi connectivity index (χ4n) is 3.92. The molecular weight excluding hydrogens is 419 g/mol. The molecule has 1 aliphatic rings. The van der Waals surface area contributed by atoms with Crippen LogP contribution in [-0.4, -0.2) is 27.9 Å². The minimum atomic E-state index is -2.92. The second kappa shape index (κ2) is 9.04. The number of hydrogen-bond donors (Lipinski definition) is 1. The zero-order chi connectivity index (χ0) is 22.6. The normalized spacial score (nSPS) is 13.8. The molecule has 5 nitrogen and oxygen atoms in total.